The molecule has 0 bridgehead atoms. The summed E-state index contributed by atoms with van der Waals surface area (Å²) >= 11 is 5.19. The number of carbonyl (C=O) groups excluding carboxylic acids is 1. The highest BCUT2D eigenvalue weighted by molar-refractivity contribution is 7.80. The Kier molecular flexibility index (Phi) is 7.63. The van der Waals surface area contributed by atoms with Gasteiger partial charge in [-0.2, -0.15) is 0 Å². The molecule has 27 heavy (non-hydrogen) atoms. The molecule has 0 spiro atoms. The molecule has 142 valence electrons. The molecule has 2 aromatic carbocycles. The molecule has 2 N–H and O–H groups in total. The Morgan fingerprint density at radius 2 is 1.81 bits per heavy atom. The van der Waals surface area contributed by atoms with Gasteiger partial charge in [-0.15, -0.1) is 0 Å². The largest absolute Gasteiger partial charge is 0.493 e. The molecule has 2 rings (SSSR count). The number of thiocarbonyl (C=S) groups is 1. The Morgan fingerprint density at radius 1 is 1.07 bits per heavy atom. The molecule has 0 aromatic heterocycles. The molecule has 0 saturated carbocycles. The first kappa shape index (κ1) is 20.3. The molecule has 0 atom stereocenters. The van der Waals surface area contributed by atoms with E-state index < -0.39 is 0 Å². The van der Waals surface area contributed by atoms with E-state index in [4.69, 9.17) is 26.4 Å². The summed E-state index contributed by atoms with van der Waals surface area (Å²) < 4.78 is 16.0. The topological polar surface area (TPSA) is 68.8 Å². The van der Waals surface area contributed by atoms with Crippen molar-refractivity contribution in [3.05, 3.63) is 54.1 Å². The fourth-order valence-electron chi connectivity index (χ4n) is 2.29. The summed E-state index contributed by atoms with van der Waals surface area (Å²) in [5, 5.41) is 5.75. The molecule has 0 aliphatic heterocycles. The van der Waals surface area contributed by atoms with Crippen LogP contribution < -0.4 is 24.8 Å². The summed E-state index contributed by atoms with van der Waals surface area (Å²) in [6.07, 6.45) is 3.05. The van der Waals surface area contributed by atoms with Gasteiger partial charge in [-0.1, -0.05) is 18.2 Å². The minimum absolute atomic E-state index is 0.184. The number of benzene rings is 2. The lowest BCUT2D eigenvalue weighted by Gasteiger charge is -2.12. The number of carbonyl (C=O) groups is 1. The number of nitrogens with one attached hydrogen (secondary N) is 2. The average molecular weight is 386 g/mol. The Bertz CT molecular complexity index is 836. The van der Waals surface area contributed by atoms with Crippen molar-refractivity contribution in [2.45, 2.75) is 6.92 Å². The van der Waals surface area contributed by atoms with Gasteiger partial charge in [-0.25, -0.2) is 0 Å². The zero-order chi connectivity index (χ0) is 19.6. The van der Waals surface area contributed by atoms with Crippen LogP contribution in [0.4, 0.5) is 5.69 Å². The minimum atomic E-state index is -0.351. The molecule has 2 aromatic rings. The van der Waals surface area contributed by atoms with Crippen LogP contribution in [-0.2, 0) is 4.79 Å². The van der Waals surface area contributed by atoms with Crippen LogP contribution in [0.3, 0.4) is 0 Å². The third-order valence-electron chi connectivity index (χ3n) is 3.51. The molecule has 6 nitrogen and oxygen atoms in total. The lowest BCUT2D eigenvalue weighted by Crippen LogP contribution is -2.32. The van der Waals surface area contributed by atoms with Crippen LogP contribution in [-0.4, -0.2) is 31.8 Å². The van der Waals surface area contributed by atoms with E-state index in [0.717, 1.165) is 5.56 Å². The van der Waals surface area contributed by atoms with E-state index in [1.54, 1.807) is 32.4 Å². The van der Waals surface area contributed by atoms with Crippen molar-refractivity contribution >= 4 is 35.0 Å². The molecule has 0 radical (unpaired) electrons. The number of para-hydroxylation sites is 2. The van der Waals surface area contributed by atoms with Crippen LogP contribution in [0.5, 0.6) is 17.2 Å². The summed E-state index contributed by atoms with van der Waals surface area (Å²) in [7, 11) is 3.13. The van der Waals surface area contributed by atoms with Crippen molar-refractivity contribution in [1.29, 1.82) is 0 Å². The van der Waals surface area contributed by atoms with E-state index in [1.807, 2.05) is 37.3 Å². The Labute approximate surface area is 164 Å². The lowest BCUT2D eigenvalue weighted by atomic mass is 10.2. The predicted molar refractivity (Wildman–Crippen MR) is 111 cm³/mol. The number of ether oxygens (including phenoxy) is 3. The number of anilines is 1. The van der Waals surface area contributed by atoms with Crippen molar-refractivity contribution in [3.8, 4) is 17.2 Å². The minimum Gasteiger partial charge on any atom is -0.493 e. The fraction of sp³-hybridized carbons (Fsp3) is 0.200. The van der Waals surface area contributed by atoms with Crippen LogP contribution in [0.2, 0.25) is 0 Å². The molecular formula is C20H22N2O4S. The normalized spacial score (nSPS) is 10.3. The number of hydrogen-bond acceptors (Lipinski definition) is 5. The fourth-order valence-corrected chi connectivity index (χ4v) is 2.50. The van der Waals surface area contributed by atoms with E-state index in [0.29, 0.717) is 29.5 Å². The van der Waals surface area contributed by atoms with Gasteiger partial charge in [0.15, 0.2) is 16.6 Å². The number of amides is 1. The monoisotopic (exact) mass is 386 g/mol. The van der Waals surface area contributed by atoms with E-state index in [-0.39, 0.29) is 11.0 Å². The third-order valence-corrected chi connectivity index (χ3v) is 3.71. The highest BCUT2D eigenvalue weighted by atomic mass is 32.1. The molecule has 0 unspecified atom stereocenters. The van der Waals surface area contributed by atoms with E-state index in [9.17, 15) is 4.79 Å². The first-order chi connectivity index (χ1) is 13.1. The zero-order valence-electron chi connectivity index (χ0n) is 15.4. The second-order valence-corrected chi connectivity index (χ2v) is 5.73. The summed E-state index contributed by atoms with van der Waals surface area (Å²) in [6, 6.07) is 12.7. The van der Waals surface area contributed by atoms with Gasteiger partial charge in [0.05, 0.1) is 26.5 Å². The van der Waals surface area contributed by atoms with Crippen LogP contribution >= 0.6 is 12.2 Å². The van der Waals surface area contributed by atoms with Gasteiger partial charge in [0.1, 0.15) is 5.75 Å². The van der Waals surface area contributed by atoms with Gasteiger partial charge in [-0.3, -0.25) is 10.1 Å². The number of rotatable bonds is 7. The van der Waals surface area contributed by atoms with Crippen molar-refractivity contribution in [3.63, 3.8) is 0 Å². The average Bonchev–Trinajstić information content (AvgIpc) is 2.67. The summed E-state index contributed by atoms with van der Waals surface area (Å²) in [5.74, 6) is 1.52. The number of methoxy groups -OCH3 is 2. The van der Waals surface area contributed by atoms with Crippen LogP contribution in [0.15, 0.2) is 48.5 Å². The maximum atomic E-state index is 12.1. The lowest BCUT2D eigenvalue weighted by molar-refractivity contribution is -0.115. The van der Waals surface area contributed by atoms with Crippen molar-refractivity contribution < 1.29 is 19.0 Å². The molecule has 0 fully saturated rings. The van der Waals surface area contributed by atoms with Crippen LogP contribution in [0.1, 0.15) is 12.5 Å². The van der Waals surface area contributed by atoms with Gasteiger partial charge in [0, 0.05) is 6.08 Å². The smallest absolute Gasteiger partial charge is 0.250 e. The highest BCUT2D eigenvalue weighted by Gasteiger charge is 2.07. The van der Waals surface area contributed by atoms with Gasteiger partial charge < -0.3 is 19.5 Å². The zero-order valence-corrected chi connectivity index (χ0v) is 16.3. The third kappa shape index (κ3) is 6.00. The van der Waals surface area contributed by atoms with Crippen molar-refractivity contribution in [2.24, 2.45) is 0 Å². The Hall–Kier alpha value is -3.06. The second-order valence-electron chi connectivity index (χ2n) is 5.32. The van der Waals surface area contributed by atoms with Gasteiger partial charge in [0.25, 0.3) is 0 Å². The standard InChI is InChI=1S/C20H22N2O4S/c1-4-26-16-8-6-5-7-15(16)21-20(27)22-19(23)12-10-14-9-11-17(24-2)18(13-14)25-3/h5-13H,4H2,1-3H3,(H2,21,22,23,27)/b12-10-. The predicted octanol–water partition coefficient (Wildman–Crippen LogP) is 3.63. The van der Waals surface area contributed by atoms with Crippen LogP contribution in [0, 0.1) is 0 Å². The van der Waals surface area contributed by atoms with E-state index in [1.165, 1.54) is 6.08 Å². The SMILES string of the molecule is CCOc1ccccc1NC(=S)NC(=O)/C=C\c1ccc(OC)c(OC)c1. The van der Waals surface area contributed by atoms with E-state index >= 15 is 0 Å². The van der Waals surface area contributed by atoms with Crippen molar-refractivity contribution in [1.82, 2.24) is 5.32 Å². The quantitative estimate of drug-likeness (QED) is 0.559. The highest BCUT2D eigenvalue weighted by Crippen LogP contribution is 2.28. The maximum absolute atomic E-state index is 12.1. The summed E-state index contributed by atoms with van der Waals surface area (Å²) in [4.78, 5) is 12.1. The molecule has 0 aliphatic carbocycles. The van der Waals surface area contributed by atoms with Crippen LogP contribution in [0.25, 0.3) is 6.08 Å². The second kappa shape index (κ2) is 10.2. The summed E-state index contributed by atoms with van der Waals surface area (Å²) in [5.41, 5.74) is 1.48. The maximum Gasteiger partial charge on any atom is 0.250 e. The molecule has 0 heterocycles. The molecule has 7 heteroatoms. The van der Waals surface area contributed by atoms with E-state index in [2.05, 4.69) is 10.6 Å². The molecule has 1 amide bonds. The van der Waals surface area contributed by atoms with Gasteiger partial charge >= 0.3 is 0 Å². The first-order valence-corrected chi connectivity index (χ1v) is 8.72. The molecule has 0 aliphatic rings. The number of hydrogen-bond donors (Lipinski definition) is 2. The molecular weight excluding hydrogens is 364 g/mol. The van der Waals surface area contributed by atoms with Gasteiger partial charge in [0.2, 0.25) is 5.91 Å². The summed E-state index contributed by atoms with van der Waals surface area (Å²) in [6.45, 7) is 2.43. The Balaban J connectivity index is 1.97. The van der Waals surface area contributed by atoms with Crippen molar-refractivity contribution in [2.75, 3.05) is 26.1 Å². The van der Waals surface area contributed by atoms with Gasteiger partial charge in [-0.05, 0) is 55.0 Å². The molecule has 0 saturated heterocycles. The Morgan fingerprint density at radius 3 is 2.52 bits per heavy atom. The first-order valence-electron chi connectivity index (χ1n) is 8.31.